The molecule has 3 amide bonds. The first-order valence-corrected chi connectivity index (χ1v) is 13.4. The number of imide groups is 1. The van der Waals surface area contributed by atoms with E-state index in [2.05, 4.69) is 39.4 Å². The largest absolute Gasteiger partial charge is 0.495 e. The lowest BCUT2D eigenvalue weighted by Crippen LogP contribution is -2.53. The number of rotatable bonds is 8. The van der Waals surface area contributed by atoms with Crippen LogP contribution in [0.25, 0.3) is 0 Å². The van der Waals surface area contributed by atoms with Crippen LogP contribution in [0.4, 0.5) is 10.5 Å². The summed E-state index contributed by atoms with van der Waals surface area (Å²) < 4.78 is 5.52. The molecule has 2 aromatic carbocycles. The number of piperazine rings is 1. The van der Waals surface area contributed by atoms with Gasteiger partial charge in [0.1, 0.15) is 11.3 Å². The van der Waals surface area contributed by atoms with Crippen molar-refractivity contribution in [1.82, 2.24) is 15.1 Å². The fourth-order valence-electron chi connectivity index (χ4n) is 6.27. The van der Waals surface area contributed by atoms with Gasteiger partial charge in [-0.15, -0.1) is 0 Å². The fourth-order valence-corrected chi connectivity index (χ4v) is 6.27. The molecule has 1 spiro atoms. The van der Waals surface area contributed by atoms with E-state index in [1.165, 1.54) is 4.90 Å². The van der Waals surface area contributed by atoms with E-state index in [0.717, 1.165) is 88.2 Å². The number of hydrogen-bond acceptors (Lipinski definition) is 5. The zero-order chi connectivity index (χ0) is 25.0. The Balaban J connectivity index is 1.11. The van der Waals surface area contributed by atoms with Gasteiger partial charge in [-0.05, 0) is 49.9 Å². The van der Waals surface area contributed by atoms with Gasteiger partial charge in [-0.3, -0.25) is 14.6 Å². The molecule has 5 rings (SSSR count). The number of urea groups is 1. The van der Waals surface area contributed by atoms with Crippen molar-refractivity contribution < 1.29 is 14.3 Å². The highest BCUT2D eigenvalue weighted by Gasteiger charge is 2.56. The zero-order valence-electron chi connectivity index (χ0n) is 21.3. The summed E-state index contributed by atoms with van der Waals surface area (Å²) in [5.41, 5.74) is 1.54. The average Bonchev–Trinajstić information content (AvgIpc) is 3.16. The van der Waals surface area contributed by atoms with Gasteiger partial charge >= 0.3 is 6.03 Å². The number of methoxy groups -OCH3 is 1. The summed E-state index contributed by atoms with van der Waals surface area (Å²) in [5, 5.41) is 3.15. The summed E-state index contributed by atoms with van der Waals surface area (Å²) in [6.45, 7) is 5.43. The molecule has 2 saturated heterocycles. The summed E-state index contributed by atoms with van der Waals surface area (Å²) in [6, 6.07) is 18.2. The highest BCUT2D eigenvalue weighted by atomic mass is 16.5. The highest BCUT2D eigenvalue weighted by Crippen LogP contribution is 2.44. The lowest BCUT2D eigenvalue weighted by Gasteiger charge is -2.39. The third-order valence-corrected chi connectivity index (χ3v) is 8.22. The number of carbonyl (C=O) groups is 2. The monoisotopic (exact) mass is 490 g/mol. The van der Waals surface area contributed by atoms with Crippen molar-refractivity contribution in [2.75, 3.05) is 51.3 Å². The SMILES string of the molecule is COc1ccccc1N1CCN(CCCCN2C(=O)NC3(CCCCC3c3ccccc3)C2=O)CC1. The molecule has 1 aliphatic carbocycles. The lowest BCUT2D eigenvalue weighted by molar-refractivity contribution is -0.133. The quantitative estimate of drug-likeness (QED) is 0.443. The molecule has 2 heterocycles. The summed E-state index contributed by atoms with van der Waals surface area (Å²) >= 11 is 0. The van der Waals surface area contributed by atoms with Gasteiger partial charge in [0, 0.05) is 38.6 Å². The Labute approximate surface area is 214 Å². The number of ether oxygens (including phenoxy) is 1. The molecule has 1 N–H and O–H groups in total. The third-order valence-electron chi connectivity index (χ3n) is 8.22. The molecule has 0 radical (unpaired) electrons. The van der Waals surface area contributed by atoms with E-state index in [-0.39, 0.29) is 17.9 Å². The molecule has 1 saturated carbocycles. The molecule has 0 aromatic heterocycles. The van der Waals surface area contributed by atoms with Crippen molar-refractivity contribution in [2.45, 2.75) is 50.0 Å². The first-order chi connectivity index (χ1) is 17.6. The molecular formula is C29H38N4O3. The number of unbranched alkanes of at least 4 members (excludes halogenated alkanes) is 1. The van der Waals surface area contributed by atoms with Crippen LogP contribution in [-0.4, -0.2) is 73.7 Å². The van der Waals surface area contributed by atoms with Crippen molar-refractivity contribution in [3.05, 3.63) is 60.2 Å². The molecule has 0 bridgehead atoms. The van der Waals surface area contributed by atoms with Gasteiger partial charge in [0.2, 0.25) is 0 Å². The molecule has 2 atom stereocenters. The van der Waals surface area contributed by atoms with Gasteiger partial charge < -0.3 is 15.0 Å². The smallest absolute Gasteiger partial charge is 0.325 e. The maximum absolute atomic E-state index is 13.6. The predicted octanol–water partition coefficient (Wildman–Crippen LogP) is 4.25. The minimum atomic E-state index is -0.772. The Hall–Kier alpha value is -3.06. The minimum absolute atomic E-state index is 0.0218. The van der Waals surface area contributed by atoms with Crippen LogP contribution in [-0.2, 0) is 4.79 Å². The second kappa shape index (κ2) is 10.9. The van der Waals surface area contributed by atoms with E-state index in [0.29, 0.717) is 6.54 Å². The van der Waals surface area contributed by atoms with E-state index in [1.807, 2.05) is 30.3 Å². The second-order valence-electron chi connectivity index (χ2n) is 10.3. The van der Waals surface area contributed by atoms with Gasteiger partial charge in [-0.1, -0.05) is 55.3 Å². The third kappa shape index (κ3) is 4.81. The average molecular weight is 491 g/mol. The number of amides is 3. The Morgan fingerprint density at radius 3 is 2.42 bits per heavy atom. The molecule has 192 valence electrons. The maximum Gasteiger partial charge on any atom is 0.325 e. The van der Waals surface area contributed by atoms with E-state index >= 15 is 0 Å². The number of nitrogens with one attached hydrogen (secondary N) is 1. The number of carbonyl (C=O) groups excluding carboxylic acids is 2. The molecule has 2 aromatic rings. The van der Waals surface area contributed by atoms with Gasteiger partial charge in [-0.25, -0.2) is 4.79 Å². The van der Waals surface area contributed by atoms with E-state index in [1.54, 1.807) is 7.11 Å². The minimum Gasteiger partial charge on any atom is -0.495 e. The van der Waals surface area contributed by atoms with Crippen LogP contribution in [0, 0.1) is 0 Å². The van der Waals surface area contributed by atoms with E-state index in [4.69, 9.17) is 4.74 Å². The molecular weight excluding hydrogens is 452 g/mol. The highest BCUT2D eigenvalue weighted by molar-refractivity contribution is 6.07. The van der Waals surface area contributed by atoms with Crippen LogP contribution in [0.15, 0.2) is 54.6 Å². The van der Waals surface area contributed by atoms with Gasteiger partial charge in [0.15, 0.2) is 0 Å². The fraction of sp³-hybridized carbons (Fsp3) is 0.517. The number of para-hydroxylation sites is 2. The molecule has 3 aliphatic rings. The van der Waals surface area contributed by atoms with E-state index < -0.39 is 5.54 Å². The molecule has 7 nitrogen and oxygen atoms in total. The van der Waals surface area contributed by atoms with Crippen LogP contribution in [0.1, 0.15) is 50.0 Å². The van der Waals surface area contributed by atoms with Crippen LogP contribution in [0.2, 0.25) is 0 Å². The second-order valence-corrected chi connectivity index (χ2v) is 10.3. The van der Waals surface area contributed by atoms with E-state index in [9.17, 15) is 9.59 Å². The lowest BCUT2D eigenvalue weighted by atomic mass is 9.69. The number of benzene rings is 2. The summed E-state index contributed by atoms with van der Waals surface area (Å²) in [5.74, 6) is 0.949. The van der Waals surface area contributed by atoms with Crippen LogP contribution < -0.4 is 15.0 Å². The number of nitrogens with zero attached hydrogens (tertiary/aromatic N) is 3. The predicted molar refractivity (Wildman–Crippen MR) is 142 cm³/mol. The zero-order valence-corrected chi connectivity index (χ0v) is 21.3. The first-order valence-electron chi connectivity index (χ1n) is 13.4. The molecule has 36 heavy (non-hydrogen) atoms. The number of anilines is 1. The van der Waals surface area contributed by atoms with Gasteiger partial charge in [0.05, 0.1) is 12.8 Å². The van der Waals surface area contributed by atoms with Crippen molar-refractivity contribution in [3.63, 3.8) is 0 Å². The van der Waals surface area contributed by atoms with Crippen molar-refractivity contribution in [1.29, 1.82) is 0 Å². The van der Waals surface area contributed by atoms with Crippen LogP contribution in [0.3, 0.4) is 0 Å². The Kier molecular flexibility index (Phi) is 7.46. The summed E-state index contributed by atoms with van der Waals surface area (Å²) in [6.07, 6.45) is 5.53. The maximum atomic E-state index is 13.6. The number of hydrogen-bond donors (Lipinski definition) is 1. The summed E-state index contributed by atoms with van der Waals surface area (Å²) in [7, 11) is 1.72. The Morgan fingerprint density at radius 1 is 0.917 bits per heavy atom. The molecule has 7 heteroatoms. The van der Waals surface area contributed by atoms with Gasteiger partial charge in [-0.2, -0.15) is 0 Å². The van der Waals surface area contributed by atoms with Gasteiger partial charge in [0.25, 0.3) is 5.91 Å². The van der Waals surface area contributed by atoms with Crippen LogP contribution >= 0.6 is 0 Å². The Morgan fingerprint density at radius 2 is 1.64 bits per heavy atom. The van der Waals surface area contributed by atoms with Crippen molar-refractivity contribution >= 4 is 17.6 Å². The molecule has 2 aliphatic heterocycles. The summed E-state index contributed by atoms with van der Waals surface area (Å²) in [4.78, 5) is 32.9. The normalized spacial score (nSPS) is 24.9. The van der Waals surface area contributed by atoms with Crippen LogP contribution in [0.5, 0.6) is 5.75 Å². The Bertz CT molecular complexity index is 1050. The standard InChI is InChI=1S/C29H38N4O3/c1-36-26-15-6-5-14-25(26)32-21-19-31(20-22-32)17-9-10-18-33-27(34)29(30-28(33)35)16-8-7-13-24(29)23-11-3-2-4-12-23/h2-6,11-12,14-15,24H,7-10,13,16-22H2,1H3,(H,30,35). The molecule has 2 unspecified atom stereocenters. The molecule has 3 fully saturated rings. The van der Waals surface area contributed by atoms with Crippen molar-refractivity contribution in [2.24, 2.45) is 0 Å². The topological polar surface area (TPSA) is 65.1 Å². The van der Waals surface area contributed by atoms with Crippen molar-refractivity contribution in [3.8, 4) is 5.75 Å². The first kappa shape index (κ1) is 24.6.